The monoisotopic (exact) mass is 1220 g/mol. The summed E-state index contributed by atoms with van der Waals surface area (Å²) in [7, 11) is -31.2. The van der Waals surface area contributed by atoms with Gasteiger partial charge in [0.1, 0.15) is 29.4 Å². The largest absolute Gasteiger partial charge is 0.224 e. The van der Waals surface area contributed by atoms with E-state index >= 15 is 50.5 Å². The molecule has 0 radical (unpaired) electrons. The second kappa shape index (κ2) is 41.8. The van der Waals surface area contributed by atoms with Gasteiger partial charge in [0, 0.05) is 0 Å². The molecule has 12 nitrogen and oxygen atoms in total. The van der Waals surface area contributed by atoms with E-state index < -0.39 is 123 Å². The van der Waals surface area contributed by atoms with Crippen molar-refractivity contribution in [1.82, 2.24) is 0 Å². The van der Waals surface area contributed by atoms with Crippen LogP contribution in [-0.2, 0) is 59.0 Å². The molecule has 0 atom stereocenters. The van der Waals surface area contributed by atoms with Crippen molar-refractivity contribution < 1.29 is 50.5 Å². The van der Waals surface area contributed by atoms with Crippen molar-refractivity contribution >= 4 is 59.0 Å². The molecular formula is C60H114O12S6. The molecule has 0 aromatic heterocycles. The maximum absolute atomic E-state index is 15.6. The minimum atomic E-state index is -5.19. The van der Waals surface area contributed by atoms with Gasteiger partial charge in [0.15, 0.2) is 59.0 Å². The number of hydrogen-bond acceptors (Lipinski definition) is 12. The van der Waals surface area contributed by atoms with Crippen LogP contribution in [0.15, 0.2) is 29.4 Å². The van der Waals surface area contributed by atoms with Crippen LogP contribution in [0.1, 0.15) is 311 Å². The fourth-order valence-corrected chi connectivity index (χ4v) is 24.7. The lowest BCUT2D eigenvalue weighted by molar-refractivity contribution is 0.532. The van der Waals surface area contributed by atoms with Crippen molar-refractivity contribution in [2.45, 2.75) is 341 Å². The van der Waals surface area contributed by atoms with Crippen molar-refractivity contribution in [2.24, 2.45) is 0 Å². The Morgan fingerprint density at radius 2 is 0.244 bits per heavy atom. The van der Waals surface area contributed by atoms with Gasteiger partial charge in [-0.3, -0.25) is 0 Å². The van der Waals surface area contributed by atoms with E-state index in [0.29, 0.717) is 77.0 Å². The minimum Gasteiger partial charge on any atom is -0.224 e. The number of unbranched alkanes of at least 4 members (excludes halogenated alkanes) is 36. The Kier molecular flexibility index (Phi) is 40.2. The van der Waals surface area contributed by atoms with Gasteiger partial charge in [-0.2, -0.15) is 0 Å². The zero-order chi connectivity index (χ0) is 58.4. The molecule has 0 aliphatic carbocycles. The van der Waals surface area contributed by atoms with Gasteiger partial charge in [-0.15, -0.1) is 0 Å². The Morgan fingerprint density at radius 3 is 0.346 bits per heavy atom. The second-order valence-corrected chi connectivity index (χ2v) is 34.9. The Labute approximate surface area is 481 Å². The van der Waals surface area contributed by atoms with Crippen LogP contribution in [0.4, 0.5) is 0 Å². The van der Waals surface area contributed by atoms with E-state index in [-0.39, 0.29) is 38.5 Å². The lowest BCUT2D eigenvalue weighted by atomic mass is 10.1. The van der Waals surface area contributed by atoms with Crippen molar-refractivity contribution in [2.75, 3.05) is 34.5 Å². The number of hydrogen-bond donors (Lipinski definition) is 0. The fourth-order valence-electron chi connectivity index (χ4n) is 10.4. The van der Waals surface area contributed by atoms with Gasteiger partial charge >= 0.3 is 0 Å². The Bertz CT molecular complexity index is 1990. The van der Waals surface area contributed by atoms with E-state index in [2.05, 4.69) is 41.5 Å². The summed E-state index contributed by atoms with van der Waals surface area (Å²) >= 11 is 0. The van der Waals surface area contributed by atoms with Crippen LogP contribution in [0.5, 0.6) is 0 Å². The van der Waals surface area contributed by atoms with E-state index in [0.717, 1.165) is 154 Å². The Morgan fingerprint density at radius 1 is 0.154 bits per heavy atom. The summed E-state index contributed by atoms with van der Waals surface area (Å²) in [6.45, 7) is 12.4. The highest BCUT2D eigenvalue weighted by molar-refractivity contribution is 7.99. The zero-order valence-electron chi connectivity index (χ0n) is 50.3. The summed E-state index contributed by atoms with van der Waals surface area (Å²) in [6, 6.07) is 0. The quantitative estimate of drug-likeness (QED) is 0.0559. The van der Waals surface area contributed by atoms with Gasteiger partial charge < -0.3 is 0 Å². The first-order chi connectivity index (χ1) is 37.1. The van der Waals surface area contributed by atoms with Crippen molar-refractivity contribution in [3.8, 4) is 0 Å². The molecule has 1 rings (SSSR count). The average Bonchev–Trinajstić information content (AvgIpc) is 3.38. The average molecular weight is 1220 g/mol. The summed E-state index contributed by atoms with van der Waals surface area (Å²) in [5.74, 6) is -4.75. The standard InChI is InChI=1S/C60H114O12S6/c1-7-13-19-25-31-37-43-49-73(61,62)55-56(74(63,64)50-44-38-32-26-20-14-8-2)58(76(67,68)52-46-40-34-28-22-16-10-4)60(78(71,72)54-48-42-36-30-24-18-12-6)59(77(69,70)53-47-41-35-29-23-17-11-5)57(55)75(65,66)51-45-39-33-27-21-15-9-3/h7-54H2,1-6H3. The molecule has 0 bridgehead atoms. The fraction of sp³-hybridized carbons (Fsp3) is 0.900. The molecule has 0 fully saturated rings. The van der Waals surface area contributed by atoms with Crippen LogP contribution in [0.2, 0.25) is 0 Å². The SMILES string of the molecule is CCCCCCCCCS(=O)(=O)c1c(S(=O)(=O)CCCCCCCCC)c(S(=O)(=O)CCCCCCCCC)c(S(=O)(=O)CCCCCCCCC)c(S(=O)(=O)CCCCCCCCC)c1S(=O)(=O)CCCCCCCCC. The topological polar surface area (TPSA) is 205 Å². The molecule has 18 heteroatoms. The van der Waals surface area contributed by atoms with Gasteiger partial charge in [0.25, 0.3) is 0 Å². The smallest absolute Gasteiger partial charge is 0.181 e. The molecule has 1 aromatic rings. The minimum absolute atomic E-state index is 0.0402. The van der Waals surface area contributed by atoms with Crippen LogP contribution < -0.4 is 0 Å². The normalized spacial score (nSPS) is 13.0. The molecule has 0 heterocycles. The molecule has 0 saturated heterocycles. The number of rotatable bonds is 54. The highest BCUT2D eigenvalue weighted by Crippen LogP contribution is 2.47. The number of benzene rings is 1. The molecule has 1 aromatic carbocycles. The highest BCUT2D eigenvalue weighted by atomic mass is 32.2. The molecule has 0 N–H and O–H groups in total. The molecule has 462 valence electrons. The van der Waals surface area contributed by atoms with Crippen LogP contribution in [-0.4, -0.2) is 85.0 Å². The Hall–Kier alpha value is -1.08. The van der Waals surface area contributed by atoms with Gasteiger partial charge in [-0.25, -0.2) is 50.5 Å². The van der Waals surface area contributed by atoms with E-state index in [9.17, 15) is 0 Å². The van der Waals surface area contributed by atoms with Crippen LogP contribution >= 0.6 is 0 Å². The number of sulfone groups is 6. The first-order valence-corrected chi connectivity index (χ1v) is 41.6. The third-order valence-electron chi connectivity index (χ3n) is 15.2. The van der Waals surface area contributed by atoms with Crippen LogP contribution in [0.3, 0.4) is 0 Å². The van der Waals surface area contributed by atoms with Gasteiger partial charge in [0.05, 0.1) is 34.5 Å². The van der Waals surface area contributed by atoms with Crippen LogP contribution in [0, 0.1) is 0 Å². The van der Waals surface area contributed by atoms with E-state index in [1.165, 1.54) is 0 Å². The maximum atomic E-state index is 15.6. The van der Waals surface area contributed by atoms with Crippen molar-refractivity contribution in [3.63, 3.8) is 0 Å². The summed E-state index contributed by atoms with van der Waals surface area (Å²) in [5.41, 5.74) is 0. The molecule has 0 amide bonds. The van der Waals surface area contributed by atoms with Gasteiger partial charge in [0.2, 0.25) is 0 Å². The molecule has 0 saturated carbocycles. The first kappa shape index (κ1) is 74.9. The summed E-state index contributed by atoms with van der Waals surface area (Å²) in [6.07, 6.45) is 28.0. The third kappa shape index (κ3) is 28.9. The lowest BCUT2D eigenvalue weighted by Crippen LogP contribution is -2.30. The second-order valence-electron chi connectivity index (χ2n) is 22.6. The molecule has 0 unspecified atom stereocenters. The van der Waals surface area contributed by atoms with Crippen molar-refractivity contribution in [3.05, 3.63) is 0 Å². The highest BCUT2D eigenvalue weighted by Gasteiger charge is 2.49. The van der Waals surface area contributed by atoms with E-state index in [1.54, 1.807) is 0 Å². The van der Waals surface area contributed by atoms with E-state index in [4.69, 9.17) is 0 Å². The molecular weight excluding hydrogens is 1110 g/mol. The predicted octanol–water partition coefficient (Wildman–Crippen LogP) is 16.8. The summed E-state index contributed by atoms with van der Waals surface area (Å²) < 4.78 is 187. The zero-order valence-corrected chi connectivity index (χ0v) is 55.2. The molecule has 0 spiro atoms. The Balaban J connectivity index is 4.89. The predicted molar refractivity (Wildman–Crippen MR) is 327 cm³/mol. The van der Waals surface area contributed by atoms with Gasteiger partial charge in [-0.1, -0.05) is 273 Å². The van der Waals surface area contributed by atoms with Gasteiger partial charge in [-0.05, 0) is 38.5 Å². The summed E-state index contributed by atoms with van der Waals surface area (Å²) in [5, 5.41) is 0. The first-order valence-electron chi connectivity index (χ1n) is 31.7. The summed E-state index contributed by atoms with van der Waals surface area (Å²) in [4.78, 5) is -8.14. The molecule has 0 aliphatic heterocycles. The maximum Gasteiger partial charge on any atom is 0.181 e. The molecule has 0 aliphatic rings. The third-order valence-corrected chi connectivity index (χ3v) is 27.1. The molecule has 78 heavy (non-hydrogen) atoms. The lowest BCUT2D eigenvalue weighted by Gasteiger charge is -2.26. The van der Waals surface area contributed by atoms with Crippen LogP contribution in [0.25, 0.3) is 0 Å². The van der Waals surface area contributed by atoms with Crippen molar-refractivity contribution in [1.29, 1.82) is 0 Å². The van der Waals surface area contributed by atoms with E-state index in [1.807, 2.05) is 0 Å².